The molecule has 0 aliphatic heterocycles. The maximum Gasteiger partial charge on any atom is 0.264 e. The highest BCUT2D eigenvalue weighted by molar-refractivity contribution is 7.93. The van der Waals surface area contributed by atoms with Gasteiger partial charge in [0.05, 0.1) is 15.5 Å². The van der Waals surface area contributed by atoms with Crippen LogP contribution in [0, 0.1) is 13.8 Å². The number of aryl methyl sites for hydroxylation is 2. The molecule has 1 heterocycles. The molecule has 0 spiro atoms. The molecule has 38 heavy (non-hydrogen) atoms. The first-order chi connectivity index (χ1) is 18.1. The van der Waals surface area contributed by atoms with E-state index in [0.29, 0.717) is 16.9 Å². The molecule has 0 fully saturated rings. The summed E-state index contributed by atoms with van der Waals surface area (Å²) in [5.41, 5.74) is 2.28. The number of benzene rings is 3. The average Bonchev–Trinajstić information content (AvgIpc) is 2.89. The maximum atomic E-state index is 13.6. The summed E-state index contributed by atoms with van der Waals surface area (Å²) in [6.45, 7) is 3.14. The first-order valence-electron chi connectivity index (χ1n) is 11.5. The molecule has 4 rings (SSSR count). The van der Waals surface area contributed by atoms with E-state index in [9.17, 15) is 21.6 Å². The highest BCUT2D eigenvalue weighted by Crippen LogP contribution is 2.27. The van der Waals surface area contributed by atoms with Crippen LogP contribution >= 0.6 is 0 Å². The van der Waals surface area contributed by atoms with Crippen molar-refractivity contribution in [2.45, 2.75) is 23.6 Å². The van der Waals surface area contributed by atoms with E-state index in [1.54, 1.807) is 55.5 Å². The van der Waals surface area contributed by atoms with Crippen molar-refractivity contribution >= 4 is 43.1 Å². The first-order valence-corrected chi connectivity index (χ1v) is 14.5. The second kappa shape index (κ2) is 11.0. The zero-order chi connectivity index (χ0) is 27.3. The van der Waals surface area contributed by atoms with E-state index in [1.165, 1.54) is 48.7 Å². The molecule has 0 atom stereocenters. The van der Waals surface area contributed by atoms with Crippen molar-refractivity contribution in [3.63, 3.8) is 0 Å². The van der Waals surface area contributed by atoms with Gasteiger partial charge in [0.25, 0.3) is 20.0 Å². The number of carbonyl (C=O) groups excluding carboxylic acids is 1. The molecule has 0 aliphatic rings. The highest BCUT2D eigenvalue weighted by atomic mass is 32.2. The van der Waals surface area contributed by atoms with E-state index in [0.717, 1.165) is 9.87 Å². The lowest BCUT2D eigenvalue weighted by molar-refractivity contribution is -0.114. The number of hydrogen-bond donors (Lipinski definition) is 2. The molecule has 0 radical (unpaired) electrons. The number of rotatable bonds is 9. The fraction of sp³-hybridized carbons (Fsp3) is 0.111. The number of nitrogens with one attached hydrogen (secondary N) is 2. The summed E-state index contributed by atoms with van der Waals surface area (Å²) in [6.07, 6.45) is 1.47. The van der Waals surface area contributed by atoms with Crippen molar-refractivity contribution in [3.8, 4) is 0 Å². The van der Waals surface area contributed by atoms with Gasteiger partial charge < -0.3 is 5.32 Å². The summed E-state index contributed by atoms with van der Waals surface area (Å²) in [5, 5.41) is 2.65. The molecule has 0 aliphatic carbocycles. The monoisotopic (exact) mass is 550 g/mol. The Hall–Kier alpha value is -4.22. The van der Waals surface area contributed by atoms with Crippen LogP contribution in [0.15, 0.2) is 107 Å². The SMILES string of the molecule is Cc1ccc(S(=O)(=O)N(CC(=O)Nc2ccc(S(=O)(=O)Nc3ccccn3)cc2)c2ccccc2C)cc1. The lowest BCUT2D eigenvalue weighted by Crippen LogP contribution is -2.38. The topological polar surface area (TPSA) is 126 Å². The number of anilines is 3. The molecule has 1 amide bonds. The van der Waals surface area contributed by atoms with Gasteiger partial charge in [0.2, 0.25) is 5.91 Å². The Balaban J connectivity index is 1.54. The van der Waals surface area contributed by atoms with Crippen LogP contribution in [0.3, 0.4) is 0 Å². The van der Waals surface area contributed by atoms with Crippen LogP contribution in [0.1, 0.15) is 11.1 Å². The van der Waals surface area contributed by atoms with Gasteiger partial charge in [-0.2, -0.15) is 0 Å². The number of pyridine rings is 1. The van der Waals surface area contributed by atoms with E-state index in [1.807, 2.05) is 6.92 Å². The van der Waals surface area contributed by atoms with Crippen LogP contribution in [-0.2, 0) is 24.8 Å². The van der Waals surface area contributed by atoms with Crippen LogP contribution in [-0.4, -0.2) is 34.3 Å². The predicted octanol–water partition coefficient (Wildman–Crippen LogP) is 4.33. The van der Waals surface area contributed by atoms with Gasteiger partial charge in [-0.15, -0.1) is 0 Å². The van der Waals surface area contributed by atoms with Gasteiger partial charge in [-0.3, -0.25) is 13.8 Å². The summed E-state index contributed by atoms with van der Waals surface area (Å²) < 4.78 is 55.8. The fourth-order valence-electron chi connectivity index (χ4n) is 3.65. The minimum Gasteiger partial charge on any atom is -0.325 e. The van der Waals surface area contributed by atoms with Crippen molar-refractivity contribution in [3.05, 3.63) is 108 Å². The largest absolute Gasteiger partial charge is 0.325 e. The Bertz CT molecular complexity index is 1640. The second-order valence-corrected chi connectivity index (χ2v) is 12.0. The third-order valence-electron chi connectivity index (χ3n) is 5.63. The van der Waals surface area contributed by atoms with Crippen LogP contribution in [0.5, 0.6) is 0 Å². The normalized spacial score (nSPS) is 11.5. The minimum absolute atomic E-state index is 0.0235. The molecule has 0 saturated heterocycles. The van der Waals surface area contributed by atoms with Crippen LogP contribution in [0.2, 0.25) is 0 Å². The molecule has 0 saturated carbocycles. The predicted molar refractivity (Wildman–Crippen MR) is 147 cm³/mol. The Labute approximate surface area is 222 Å². The molecular formula is C27H26N4O5S2. The molecule has 1 aromatic heterocycles. The summed E-state index contributed by atoms with van der Waals surface area (Å²) in [5.74, 6) is -0.415. The standard InChI is InChI=1S/C27H26N4O5S2/c1-20-10-14-24(15-11-20)38(35,36)31(25-8-4-3-7-21(25)2)19-27(32)29-22-12-16-23(17-13-22)37(33,34)30-26-9-5-6-18-28-26/h3-18H,19H2,1-2H3,(H,28,30)(H,29,32). The maximum absolute atomic E-state index is 13.6. The molecule has 11 heteroatoms. The third kappa shape index (κ3) is 6.18. The van der Waals surface area contributed by atoms with E-state index < -0.39 is 32.5 Å². The van der Waals surface area contributed by atoms with Gasteiger partial charge in [-0.1, -0.05) is 42.0 Å². The number of hydrogen-bond acceptors (Lipinski definition) is 6. The smallest absolute Gasteiger partial charge is 0.264 e. The number of amides is 1. The van der Waals surface area contributed by atoms with Crippen molar-refractivity contribution in [2.75, 3.05) is 20.9 Å². The zero-order valence-corrected chi connectivity index (χ0v) is 22.3. The first kappa shape index (κ1) is 26.8. The molecular weight excluding hydrogens is 524 g/mol. The summed E-state index contributed by atoms with van der Waals surface area (Å²) in [7, 11) is -7.94. The van der Waals surface area contributed by atoms with Crippen molar-refractivity contribution in [2.24, 2.45) is 0 Å². The number of sulfonamides is 2. The van der Waals surface area contributed by atoms with E-state index in [-0.39, 0.29) is 15.6 Å². The Morgan fingerprint density at radius 1 is 0.789 bits per heavy atom. The minimum atomic E-state index is -4.06. The molecule has 4 aromatic rings. The van der Waals surface area contributed by atoms with Crippen molar-refractivity contribution in [1.29, 1.82) is 0 Å². The van der Waals surface area contributed by atoms with Gasteiger partial charge in [-0.05, 0) is 74.0 Å². The van der Waals surface area contributed by atoms with E-state index >= 15 is 0 Å². The molecule has 0 unspecified atom stereocenters. The van der Waals surface area contributed by atoms with Gasteiger partial charge >= 0.3 is 0 Å². The molecule has 0 bridgehead atoms. The fourth-order valence-corrected chi connectivity index (χ4v) is 6.14. The number of aromatic nitrogens is 1. The molecule has 3 aromatic carbocycles. The highest BCUT2D eigenvalue weighted by Gasteiger charge is 2.28. The van der Waals surface area contributed by atoms with Gasteiger partial charge in [0, 0.05) is 11.9 Å². The average molecular weight is 551 g/mol. The Morgan fingerprint density at radius 3 is 2.05 bits per heavy atom. The summed E-state index contributed by atoms with van der Waals surface area (Å²) >= 11 is 0. The second-order valence-electron chi connectivity index (χ2n) is 8.50. The van der Waals surface area contributed by atoms with Crippen molar-refractivity contribution in [1.82, 2.24) is 4.98 Å². The summed E-state index contributed by atoms with van der Waals surface area (Å²) in [4.78, 5) is 17.0. The van der Waals surface area contributed by atoms with Crippen LogP contribution in [0.4, 0.5) is 17.2 Å². The van der Waals surface area contributed by atoms with Crippen LogP contribution < -0.4 is 14.3 Å². The van der Waals surface area contributed by atoms with Crippen molar-refractivity contribution < 1.29 is 21.6 Å². The van der Waals surface area contributed by atoms with Gasteiger partial charge in [0.1, 0.15) is 12.4 Å². The third-order valence-corrected chi connectivity index (χ3v) is 8.78. The van der Waals surface area contributed by atoms with Crippen LogP contribution in [0.25, 0.3) is 0 Å². The van der Waals surface area contributed by atoms with Gasteiger partial charge in [0.15, 0.2) is 0 Å². The molecule has 9 nitrogen and oxygen atoms in total. The van der Waals surface area contributed by atoms with E-state index in [4.69, 9.17) is 0 Å². The Morgan fingerprint density at radius 2 is 1.42 bits per heavy atom. The zero-order valence-electron chi connectivity index (χ0n) is 20.7. The lowest BCUT2D eigenvalue weighted by Gasteiger charge is -2.25. The molecule has 2 N–H and O–H groups in total. The number of para-hydroxylation sites is 1. The van der Waals surface area contributed by atoms with Gasteiger partial charge in [-0.25, -0.2) is 21.8 Å². The summed E-state index contributed by atoms with van der Waals surface area (Å²) in [6, 6.07) is 23.7. The number of nitrogens with zero attached hydrogens (tertiary/aromatic N) is 2. The Kier molecular flexibility index (Phi) is 7.79. The molecule has 196 valence electrons. The quantitative estimate of drug-likeness (QED) is 0.320. The van der Waals surface area contributed by atoms with E-state index in [2.05, 4.69) is 15.0 Å². The lowest BCUT2D eigenvalue weighted by atomic mass is 10.2. The number of carbonyl (C=O) groups is 1.